The van der Waals surface area contributed by atoms with Crippen LogP contribution in [0.15, 0.2) is 24.3 Å². The third-order valence-corrected chi connectivity index (χ3v) is 3.97. The molecule has 1 amide bonds. The van der Waals surface area contributed by atoms with Gasteiger partial charge in [-0.25, -0.2) is 0 Å². The number of nitrogens with two attached hydrogens (primary N) is 1. The molecule has 2 heterocycles. The van der Waals surface area contributed by atoms with Gasteiger partial charge >= 0.3 is 0 Å². The first kappa shape index (κ1) is 11.5. The molecule has 18 heavy (non-hydrogen) atoms. The number of anilines is 1. The van der Waals surface area contributed by atoms with Crippen LogP contribution in [0.2, 0.25) is 0 Å². The van der Waals surface area contributed by atoms with Crippen molar-refractivity contribution in [3.8, 4) is 0 Å². The Kier molecular flexibility index (Phi) is 2.96. The van der Waals surface area contributed by atoms with Gasteiger partial charge in [-0.05, 0) is 24.0 Å². The van der Waals surface area contributed by atoms with Crippen LogP contribution in [-0.2, 0) is 9.53 Å². The molecule has 4 heteroatoms. The van der Waals surface area contributed by atoms with Gasteiger partial charge in [-0.2, -0.15) is 0 Å². The van der Waals surface area contributed by atoms with Crippen LogP contribution >= 0.6 is 0 Å². The Morgan fingerprint density at radius 3 is 2.83 bits per heavy atom. The molecule has 0 bridgehead atoms. The smallest absolute Gasteiger partial charge is 0.236 e. The highest BCUT2D eigenvalue weighted by Crippen LogP contribution is 2.41. The Morgan fingerprint density at radius 2 is 2.17 bits per heavy atom. The van der Waals surface area contributed by atoms with Crippen molar-refractivity contribution in [1.82, 2.24) is 0 Å². The van der Waals surface area contributed by atoms with E-state index < -0.39 is 0 Å². The molecule has 96 valence electrons. The summed E-state index contributed by atoms with van der Waals surface area (Å²) in [4.78, 5) is 13.2. The van der Waals surface area contributed by atoms with Crippen LogP contribution in [0.25, 0.3) is 0 Å². The van der Waals surface area contributed by atoms with E-state index in [9.17, 15) is 4.79 Å². The number of rotatable bonds is 3. The zero-order valence-electron chi connectivity index (χ0n) is 10.3. The predicted octanol–water partition coefficient (Wildman–Crippen LogP) is 1.11. The van der Waals surface area contributed by atoms with Crippen LogP contribution in [0.3, 0.4) is 0 Å². The molecule has 2 N–H and O–H groups in total. The Morgan fingerprint density at radius 1 is 1.39 bits per heavy atom. The maximum absolute atomic E-state index is 11.1. The standard InChI is InChI=1S/C14H18N2O2/c15-14(17)7-16-6-5-11(10-8-18-9-10)12-3-1-2-4-13(12)16/h1-4,10-11H,5-9H2,(H2,15,17)/t11-/m0/s1. The Balaban J connectivity index is 1.89. The van der Waals surface area contributed by atoms with Gasteiger partial charge in [0.2, 0.25) is 5.91 Å². The van der Waals surface area contributed by atoms with Crippen molar-refractivity contribution in [3.05, 3.63) is 29.8 Å². The summed E-state index contributed by atoms with van der Waals surface area (Å²) in [5.41, 5.74) is 7.82. The van der Waals surface area contributed by atoms with E-state index in [1.54, 1.807) is 0 Å². The lowest BCUT2D eigenvalue weighted by atomic mass is 9.79. The van der Waals surface area contributed by atoms with E-state index in [1.807, 2.05) is 6.07 Å². The summed E-state index contributed by atoms with van der Waals surface area (Å²) in [6.07, 6.45) is 1.08. The van der Waals surface area contributed by atoms with Crippen molar-refractivity contribution < 1.29 is 9.53 Å². The van der Waals surface area contributed by atoms with Crippen LogP contribution in [-0.4, -0.2) is 32.2 Å². The van der Waals surface area contributed by atoms with Gasteiger partial charge in [-0.15, -0.1) is 0 Å². The minimum Gasteiger partial charge on any atom is -0.381 e. The number of benzene rings is 1. The van der Waals surface area contributed by atoms with Crippen LogP contribution in [0.4, 0.5) is 5.69 Å². The molecule has 0 unspecified atom stereocenters. The summed E-state index contributed by atoms with van der Waals surface area (Å²) in [6, 6.07) is 8.35. The molecule has 0 aromatic heterocycles. The summed E-state index contributed by atoms with van der Waals surface area (Å²) in [5.74, 6) is 0.941. The second kappa shape index (κ2) is 4.61. The quantitative estimate of drug-likeness (QED) is 0.869. The maximum atomic E-state index is 11.1. The Bertz CT molecular complexity index is 457. The molecule has 1 atom stereocenters. The molecule has 1 aromatic carbocycles. The van der Waals surface area contributed by atoms with Gasteiger partial charge < -0.3 is 15.4 Å². The number of hydrogen-bond acceptors (Lipinski definition) is 3. The molecule has 0 aliphatic carbocycles. The van der Waals surface area contributed by atoms with Crippen molar-refractivity contribution in [2.45, 2.75) is 12.3 Å². The molecule has 3 rings (SSSR count). The summed E-state index contributed by atoms with van der Waals surface area (Å²) >= 11 is 0. The van der Waals surface area contributed by atoms with E-state index in [0.717, 1.165) is 26.2 Å². The van der Waals surface area contributed by atoms with Gasteiger partial charge in [0.15, 0.2) is 0 Å². The third kappa shape index (κ3) is 1.97. The summed E-state index contributed by atoms with van der Waals surface area (Å²) in [5, 5.41) is 0. The first-order chi connectivity index (χ1) is 8.75. The van der Waals surface area contributed by atoms with Crippen molar-refractivity contribution in [2.24, 2.45) is 11.7 Å². The number of fused-ring (bicyclic) bond motifs is 1. The molecular weight excluding hydrogens is 228 g/mol. The molecule has 0 saturated carbocycles. The molecule has 2 aliphatic heterocycles. The molecule has 1 saturated heterocycles. The Hall–Kier alpha value is -1.55. The fourth-order valence-corrected chi connectivity index (χ4v) is 2.99. The maximum Gasteiger partial charge on any atom is 0.236 e. The number of amides is 1. The van der Waals surface area contributed by atoms with Crippen LogP contribution in [0.1, 0.15) is 17.9 Å². The first-order valence-corrected chi connectivity index (χ1v) is 6.45. The lowest BCUT2D eigenvalue weighted by Crippen LogP contribution is -2.42. The van der Waals surface area contributed by atoms with Gasteiger partial charge in [-0.3, -0.25) is 4.79 Å². The average molecular weight is 246 g/mol. The highest BCUT2D eigenvalue weighted by Gasteiger charge is 2.34. The molecule has 0 spiro atoms. The normalized spacial score (nSPS) is 23.3. The summed E-state index contributed by atoms with van der Waals surface area (Å²) in [6.45, 7) is 2.95. The number of nitrogens with zero attached hydrogens (tertiary/aromatic N) is 1. The zero-order valence-corrected chi connectivity index (χ0v) is 10.3. The second-order valence-corrected chi connectivity index (χ2v) is 5.14. The lowest BCUT2D eigenvalue weighted by molar-refractivity contribution is -0.116. The van der Waals surface area contributed by atoms with E-state index in [2.05, 4.69) is 23.1 Å². The topological polar surface area (TPSA) is 55.6 Å². The first-order valence-electron chi connectivity index (χ1n) is 6.45. The van der Waals surface area contributed by atoms with Crippen molar-refractivity contribution >= 4 is 11.6 Å². The largest absolute Gasteiger partial charge is 0.381 e. The van der Waals surface area contributed by atoms with Gasteiger partial charge in [0.25, 0.3) is 0 Å². The fourth-order valence-electron chi connectivity index (χ4n) is 2.99. The fraction of sp³-hybridized carbons (Fsp3) is 0.500. The van der Waals surface area contributed by atoms with Gasteiger partial charge in [0.05, 0.1) is 19.8 Å². The van der Waals surface area contributed by atoms with Crippen LogP contribution < -0.4 is 10.6 Å². The molecular formula is C14H18N2O2. The number of primary amides is 1. The van der Waals surface area contributed by atoms with Gasteiger partial charge in [-0.1, -0.05) is 18.2 Å². The SMILES string of the molecule is NC(=O)CN1CC[C@@H](C2COC2)c2ccccc21. The van der Waals surface area contributed by atoms with Crippen molar-refractivity contribution in [1.29, 1.82) is 0 Å². The van der Waals surface area contributed by atoms with E-state index in [0.29, 0.717) is 18.4 Å². The average Bonchev–Trinajstić information content (AvgIpc) is 2.29. The van der Waals surface area contributed by atoms with Crippen molar-refractivity contribution in [3.63, 3.8) is 0 Å². The number of para-hydroxylation sites is 1. The molecule has 1 fully saturated rings. The molecule has 0 radical (unpaired) electrons. The lowest BCUT2D eigenvalue weighted by Gasteiger charge is -2.41. The highest BCUT2D eigenvalue weighted by molar-refractivity contribution is 5.80. The highest BCUT2D eigenvalue weighted by atomic mass is 16.5. The number of carbonyl (C=O) groups excluding carboxylic acids is 1. The molecule has 2 aliphatic rings. The van der Waals surface area contributed by atoms with E-state index in [1.165, 1.54) is 11.3 Å². The minimum absolute atomic E-state index is 0.268. The molecule has 4 nitrogen and oxygen atoms in total. The van der Waals surface area contributed by atoms with Gasteiger partial charge in [0, 0.05) is 18.2 Å². The predicted molar refractivity (Wildman–Crippen MR) is 69.5 cm³/mol. The summed E-state index contributed by atoms with van der Waals surface area (Å²) in [7, 11) is 0. The van der Waals surface area contributed by atoms with Crippen LogP contribution in [0, 0.1) is 5.92 Å². The van der Waals surface area contributed by atoms with Crippen LogP contribution in [0.5, 0.6) is 0 Å². The minimum atomic E-state index is -0.268. The van der Waals surface area contributed by atoms with E-state index >= 15 is 0 Å². The number of hydrogen-bond donors (Lipinski definition) is 1. The third-order valence-electron chi connectivity index (χ3n) is 3.97. The summed E-state index contributed by atoms with van der Waals surface area (Å²) < 4.78 is 5.31. The number of ether oxygens (including phenoxy) is 1. The van der Waals surface area contributed by atoms with Crippen molar-refractivity contribution in [2.75, 3.05) is 31.2 Å². The van der Waals surface area contributed by atoms with Gasteiger partial charge in [0.1, 0.15) is 0 Å². The van der Waals surface area contributed by atoms with E-state index in [-0.39, 0.29) is 5.91 Å². The monoisotopic (exact) mass is 246 g/mol. The second-order valence-electron chi connectivity index (χ2n) is 5.14. The zero-order chi connectivity index (χ0) is 12.5. The van der Waals surface area contributed by atoms with E-state index in [4.69, 9.17) is 10.5 Å². The molecule has 1 aromatic rings. The Labute approximate surface area is 107 Å². The number of carbonyl (C=O) groups is 1.